The van der Waals surface area contributed by atoms with Crippen LogP contribution >= 0.6 is 15.9 Å². The summed E-state index contributed by atoms with van der Waals surface area (Å²) in [6.45, 7) is 4.02. The van der Waals surface area contributed by atoms with Gasteiger partial charge in [-0.2, -0.15) is 0 Å². The molecule has 0 spiro atoms. The van der Waals surface area contributed by atoms with Crippen molar-refractivity contribution < 1.29 is 10.0 Å². The molecule has 1 aliphatic rings. The Bertz CT molecular complexity index is 479. The molecule has 0 bridgehead atoms. The summed E-state index contributed by atoms with van der Waals surface area (Å²) in [7, 11) is 0. The quantitative estimate of drug-likeness (QED) is 0.681. The molecular formula is C13H17BrN2O3. The van der Waals surface area contributed by atoms with Crippen LogP contribution in [0.4, 0.5) is 5.69 Å². The summed E-state index contributed by atoms with van der Waals surface area (Å²) in [5.41, 5.74) is 0.870. The summed E-state index contributed by atoms with van der Waals surface area (Å²) >= 11 is 3.35. The van der Waals surface area contributed by atoms with Gasteiger partial charge in [-0.05, 0) is 37.9 Å². The van der Waals surface area contributed by atoms with Crippen molar-refractivity contribution in [3.63, 3.8) is 0 Å². The van der Waals surface area contributed by atoms with Crippen LogP contribution in [0.2, 0.25) is 0 Å². The van der Waals surface area contributed by atoms with Crippen molar-refractivity contribution in [1.82, 2.24) is 4.90 Å². The van der Waals surface area contributed by atoms with Gasteiger partial charge in [0.25, 0.3) is 5.69 Å². The number of aliphatic hydroxyl groups excluding tert-OH is 1. The molecule has 0 aromatic heterocycles. The fourth-order valence-corrected chi connectivity index (χ4v) is 2.91. The van der Waals surface area contributed by atoms with Crippen LogP contribution in [0.5, 0.6) is 0 Å². The Labute approximate surface area is 120 Å². The van der Waals surface area contributed by atoms with E-state index in [1.54, 1.807) is 19.1 Å². The van der Waals surface area contributed by atoms with E-state index in [1.165, 1.54) is 6.07 Å². The molecule has 1 fully saturated rings. The second-order valence-corrected chi connectivity index (χ2v) is 5.97. The third kappa shape index (κ3) is 3.52. The monoisotopic (exact) mass is 328 g/mol. The number of likely N-dealkylation sites (tertiary alicyclic amines) is 1. The van der Waals surface area contributed by atoms with Gasteiger partial charge in [-0.25, -0.2) is 0 Å². The molecule has 104 valence electrons. The highest BCUT2D eigenvalue weighted by atomic mass is 79.9. The van der Waals surface area contributed by atoms with Crippen molar-refractivity contribution in [1.29, 1.82) is 0 Å². The first-order valence-electron chi connectivity index (χ1n) is 6.30. The number of hydrogen-bond acceptors (Lipinski definition) is 4. The third-order valence-electron chi connectivity index (χ3n) is 3.62. The van der Waals surface area contributed by atoms with Gasteiger partial charge in [-0.1, -0.05) is 15.9 Å². The highest BCUT2D eigenvalue weighted by Gasteiger charge is 2.27. The molecule has 0 saturated carbocycles. The number of benzene rings is 1. The van der Waals surface area contributed by atoms with E-state index in [9.17, 15) is 15.2 Å². The van der Waals surface area contributed by atoms with E-state index in [-0.39, 0.29) is 22.6 Å². The summed E-state index contributed by atoms with van der Waals surface area (Å²) in [6.07, 6.45) is 0.627. The van der Waals surface area contributed by atoms with Crippen LogP contribution in [0.1, 0.15) is 18.9 Å². The Kier molecular flexibility index (Phi) is 4.54. The van der Waals surface area contributed by atoms with Gasteiger partial charge < -0.3 is 5.11 Å². The fourth-order valence-electron chi connectivity index (χ4n) is 2.50. The molecule has 1 heterocycles. The Morgan fingerprint density at radius 3 is 2.95 bits per heavy atom. The molecule has 2 unspecified atom stereocenters. The molecule has 1 aliphatic heterocycles. The summed E-state index contributed by atoms with van der Waals surface area (Å²) in [5.74, 6) is 0.270. The SMILES string of the molecule is CC(O)C1CCN(Cc2cc(Br)ccc2[N+](=O)[O-])C1. The topological polar surface area (TPSA) is 66.6 Å². The highest BCUT2D eigenvalue weighted by molar-refractivity contribution is 9.10. The van der Waals surface area contributed by atoms with Gasteiger partial charge in [-0.3, -0.25) is 15.0 Å². The summed E-state index contributed by atoms with van der Waals surface area (Å²) < 4.78 is 0.847. The zero-order chi connectivity index (χ0) is 14.0. The zero-order valence-corrected chi connectivity index (χ0v) is 12.3. The highest BCUT2D eigenvalue weighted by Crippen LogP contribution is 2.27. The van der Waals surface area contributed by atoms with E-state index < -0.39 is 0 Å². The van der Waals surface area contributed by atoms with Crippen molar-refractivity contribution in [2.24, 2.45) is 5.92 Å². The lowest BCUT2D eigenvalue weighted by Crippen LogP contribution is -2.24. The number of hydrogen-bond donors (Lipinski definition) is 1. The number of nitrogens with zero attached hydrogens (tertiary/aromatic N) is 2. The first-order valence-corrected chi connectivity index (χ1v) is 7.10. The van der Waals surface area contributed by atoms with Crippen molar-refractivity contribution in [2.45, 2.75) is 26.0 Å². The average molecular weight is 329 g/mol. The van der Waals surface area contributed by atoms with Gasteiger partial charge in [0.1, 0.15) is 0 Å². The van der Waals surface area contributed by atoms with Crippen LogP contribution in [-0.4, -0.2) is 34.1 Å². The predicted molar refractivity (Wildman–Crippen MR) is 75.9 cm³/mol. The van der Waals surface area contributed by atoms with Gasteiger partial charge in [0, 0.05) is 29.2 Å². The van der Waals surface area contributed by atoms with E-state index in [1.807, 2.05) is 0 Å². The molecule has 2 atom stereocenters. The molecule has 6 heteroatoms. The fraction of sp³-hybridized carbons (Fsp3) is 0.538. The molecule has 19 heavy (non-hydrogen) atoms. The van der Waals surface area contributed by atoms with Gasteiger partial charge in [0.05, 0.1) is 11.0 Å². The van der Waals surface area contributed by atoms with E-state index in [0.29, 0.717) is 12.1 Å². The van der Waals surface area contributed by atoms with Gasteiger partial charge in [0.15, 0.2) is 0 Å². The Hall–Kier alpha value is -0.980. The average Bonchev–Trinajstić information content (AvgIpc) is 2.77. The van der Waals surface area contributed by atoms with Crippen LogP contribution in [0, 0.1) is 16.0 Å². The van der Waals surface area contributed by atoms with Crippen LogP contribution in [0.15, 0.2) is 22.7 Å². The minimum atomic E-state index is -0.343. The van der Waals surface area contributed by atoms with Gasteiger partial charge >= 0.3 is 0 Å². The lowest BCUT2D eigenvalue weighted by molar-refractivity contribution is -0.385. The van der Waals surface area contributed by atoms with Gasteiger partial charge in [-0.15, -0.1) is 0 Å². The summed E-state index contributed by atoms with van der Waals surface area (Å²) in [4.78, 5) is 12.8. The molecule has 0 radical (unpaired) electrons. The molecule has 1 aromatic carbocycles. The Balaban J connectivity index is 2.11. The number of aliphatic hydroxyl groups is 1. The maximum Gasteiger partial charge on any atom is 0.273 e. The number of halogens is 1. The summed E-state index contributed by atoms with van der Waals surface area (Å²) in [5, 5.41) is 20.6. The second kappa shape index (κ2) is 5.98. The van der Waals surface area contributed by atoms with E-state index in [0.717, 1.165) is 24.0 Å². The largest absolute Gasteiger partial charge is 0.393 e. The zero-order valence-electron chi connectivity index (χ0n) is 10.8. The molecule has 0 amide bonds. The molecule has 2 rings (SSSR count). The van der Waals surface area contributed by atoms with Crippen molar-refractivity contribution in [3.05, 3.63) is 38.3 Å². The Morgan fingerprint density at radius 1 is 1.63 bits per heavy atom. The normalized spacial score (nSPS) is 21.5. The molecule has 1 aromatic rings. The van der Waals surface area contributed by atoms with E-state index in [2.05, 4.69) is 20.8 Å². The first-order chi connectivity index (χ1) is 8.97. The van der Waals surface area contributed by atoms with Crippen molar-refractivity contribution in [3.8, 4) is 0 Å². The molecular weight excluding hydrogens is 312 g/mol. The first kappa shape index (κ1) is 14.4. The summed E-state index contributed by atoms with van der Waals surface area (Å²) in [6, 6.07) is 5.01. The lowest BCUT2D eigenvalue weighted by atomic mass is 10.0. The van der Waals surface area contributed by atoms with E-state index >= 15 is 0 Å². The minimum Gasteiger partial charge on any atom is -0.393 e. The number of nitro groups is 1. The molecule has 1 N–H and O–H groups in total. The van der Waals surface area contributed by atoms with Crippen LogP contribution in [0.25, 0.3) is 0 Å². The smallest absolute Gasteiger partial charge is 0.273 e. The van der Waals surface area contributed by atoms with Gasteiger partial charge in [0.2, 0.25) is 0 Å². The number of rotatable bonds is 4. The maximum atomic E-state index is 11.0. The number of nitro benzene ring substituents is 1. The Morgan fingerprint density at radius 2 is 2.37 bits per heavy atom. The third-order valence-corrected chi connectivity index (χ3v) is 4.12. The van der Waals surface area contributed by atoms with Crippen LogP contribution in [0.3, 0.4) is 0 Å². The second-order valence-electron chi connectivity index (χ2n) is 5.05. The van der Waals surface area contributed by atoms with Crippen molar-refractivity contribution in [2.75, 3.05) is 13.1 Å². The van der Waals surface area contributed by atoms with Crippen LogP contribution < -0.4 is 0 Å². The maximum absolute atomic E-state index is 11.0. The van der Waals surface area contributed by atoms with E-state index in [4.69, 9.17) is 0 Å². The van der Waals surface area contributed by atoms with Crippen LogP contribution in [-0.2, 0) is 6.54 Å². The molecule has 5 nitrogen and oxygen atoms in total. The molecule has 1 saturated heterocycles. The molecule has 0 aliphatic carbocycles. The predicted octanol–water partition coefficient (Wildman–Crippen LogP) is 2.56. The lowest BCUT2D eigenvalue weighted by Gasteiger charge is -2.17. The minimum absolute atomic E-state index is 0.156. The van der Waals surface area contributed by atoms with Crippen molar-refractivity contribution >= 4 is 21.6 Å². The standard InChI is InChI=1S/C13H17BrN2O3/c1-9(17)10-4-5-15(7-10)8-11-6-12(14)2-3-13(11)16(18)19/h2-3,6,9-10,17H,4-5,7-8H2,1H3.